The molecule has 156 valence electrons. The number of amides is 1. The molecule has 0 aliphatic rings. The van der Waals surface area contributed by atoms with Crippen molar-refractivity contribution in [2.45, 2.75) is 33.2 Å². The highest BCUT2D eigenvalue weighted by Crippen LogP contribution is 2.24. The van der Waals surface area contributed by atoms with Gasteiger partial charge in [0.05, 0.1) is 24.1 Å². The van der Waals surface area contributed by atoms with Gasteiger partial charge < -0.3 is 10.1 Å². The Morgan fingerprint density at radius 3 is 2.38 bits per heavy atom. The lowest BCUT2D eigenvalue weighted by Gasteiger charge is -2.30. The van der Waals surface area contributed by atoms with Crippen molar-refractivity contribution in [3.8, 4) is 0 Å². The van der Waals surface area contributed by atoms with Crippen molar-refractivity contribution >= 4 is 33.3 Å². The number of sulfonamides is 1. The van der Waals surface area contributed by atoms with Gasteiger partial charge in [-0.15, -0.1) is 0 Å². The molecule has 0 fully saturated rings. The highest BCUT2D eigenvalue weighted by Gasteiger charge is 2.31. The summed E-state index contributed by atoms with van der Waals surface area (Å²) in [6.07, 6.45) is 1.34. The van der Waals surface area contributed by atoms with Crippen molar-refractivity contribution in [3.05, 3.63) is 59.7 Å². The molecule has 0 aliphatic carbocycles. The minimum absolute atomic E-state index is 0.243. The lowest BCUT2D eigenvalue weighted by molar-refractivity contribution is -0.117. The second kappa shape index (κ2) is 9.56. The molecular weight excluding hydrogens is 392 g/mol. The second-order valence-electron chi connectivity index (χ2n) is 6.61. The van der Waals surface area contributed by atoms with Crippen molar-refractivity contribution in [3.63, 3.8) is 0 Å². The van der Waals surface area contributed by atoms with E-state index in [1.807, 2.05) is 13.0 Å². The standard InChI is InChI=1S/C21H26N2O5S/c1-5-19(23(29(4,26)27)18-12-7-9-15(3)13-18)20(24)22-17-11-8-10-16(14-17)21(25)28-6-2/h7-14,19H,5-6H2,1-4H3,(H,22,24)/t19-/m0/s1. The minimum atomic E-state index is -3.71. The molecule has 1 amide bonds. The van der Waals surface area contributed by atoms with Crippen molar-refractivity contribution in [1.29, 1.82) is 0 Å². The van der Waals surface area contributed by atoms with E-state index in [-0.39, 0.29) is 13.0 Å². The van der Waals surface area contributed by atoms with Gasteiger partial charge >= 0.3 is 5.97 Å². The number of hydrogen-bond donors (Lipinski definition) is 1. The zero-order valence-corrected chi connectivity index (χ0v) is 17.8. The van der Waals surface area contributed by atoms with Gasteiger partial charge in [0.2, 0.25) is 15.9 Å². The predicted octanol–water partition coefficient (Wildman–Crippen LogP) is 3.36. The van der Waals surface area contributed by atoms with E-state index in [1.54, 1.807) is 50.2 Å². The van der Waals surface area contributed by atoms with Gasteiger partial charge in [0, 0.05) is 5.69 Å². The van der Waals surface area contributed by atoms with Crippen LogP contribution in [0.15, 0.2) is 48.5 Å². The molecule has 0 saturated carbocycles. The van der Waals surface area contributed by atoms with Gasteiger partial charge in [-0.25, -0.2) is 13.2 Å². The molecule has 1 atom stereocenters. The fraction of sp³-hybridized carbons (Fsp3) is 0.333. The predicted molar refractivity (Wildman–Crippen MR) is 114 cm³/mol. The molecule has 2 rings (SSSR count). The van der Waals surface area contributed by atoms with Crippen LogP contribution in [-0.2, 0) is 19.6 Å². The second-order valence-corrected chi connectivity index (χ2v) is 8.47. The highest BCUT2D eigenvalue weighted by molar-refractivity contribution is 7.92. The number of nitrogens with one attached hydrogen (secondary N) is 1. The summed E-state index contributed by atoms with van der Waals surface area (Å²) in [5, 5.41) is 2.71. The molecule has 8 heteroatoms. The Hall–Kier alpha value is -2.87. The summed E-state index contributed by atoms with van der Waals surface area (Å²) >= 11 is 0. The fourth-order valence-electron chi connectivity index (χ4n) is 2.99. The van der Waals surface area contributed by atoms with Crippen molar-refractivity contribution in [2.24, 2.45) is 0 Å². The third-order valence-electron chi connectivity index (χ3n) is 4.23. The van der Waals surface area contributed by atoms with Crippen LogP contribution in [0, 0.1) is 6.92 Å². The van der Waals surface area contributed by atoms with Crippen molar-refractivity contribution in [1.82, 2.24) is 0 Å². The molecule has 0 aliphatic heterocycles. The molecule has 0 radical (unpaired) electrons. The number of nitrogens with zero attached hydrogens (tertiary/aromatic N) is 1. The van der Waals surface area contributed by atoms with Crippen LogP contribution < -0.4 is 9.62 Å². The quantitative estimate of drug-likeness (QED) is 0.664. The van der Waals surface area contributed by atoms with Crippen molar-refractivity contribution in [2.75, 3.05) is 22.5 Å². The van der Waals surface area contributed by atoms with Crippen LogP contribution in [0.25, 0.3) is 0 Å². The Morgan fingerprint density at radius 2 is 1.79 bits per heavy atom. The molecule has 0 unspecified atom stereocenters. The molecule has 0 saturated heterocycles. The van der Waals surface area contributed by atoms with E-state index < -0.39 is 27.9 Å². The zero-order chi connectivity index (χ0) is 21.6. The highest BCUT2D eigenvalue weighted by atomic mass is 32.2. The summed E-state index contributed by atoms with van der Waals surface area (Å²) in [7, 11) is -3.71. The van der Waals surface area contributed by atoms with Gasteiger partial charge in [-0.1, -0.05) is 25.1 Å². The fourth-order valence-corrected chi connectivity index (χ4v) is 4.19. The Labute approximate surface area is 171 Å². The van der Waals surface area contributed by atoms with Gasteiger partial charge in [-0.2, -0.15) is 0 Å². The number of benzene rings is 2. The molecule has 0 heterocycles. The van der Waals surface area contributed by atoms with E-state index in [4.69, 9.17) is 4.74 Å². The Bertz CT molecular complexity index is 988. The van der Waals surface area contributed by atoms with Crippen molar-refractivity contribution < 1.29 is 22.7 Å². The minimum Gasteiger partial charge on any atom is -0.462 e. The zero-order valence-electron chi connectivity index (χ0n) is 17.0. The topological polar surface area (TPSA) is 92.8 Å². The normalized spacial score (nSPS) is 12.1. The first-order valence-corrected chi connectivity index (χ1v) is 11.2. The number of esters is 1. The van der Waals surface area contributed by atoms with E-state index in [1.165, 1.54) is 6.07 Å². The summed E-state index contributed by atoms with van der Waals surface area (Å²) < 4.78 is 31.1. The SMILES string of the molecule is CCOC(=O)c1cccc(NC(=O)[C@H](CC)N(c2cccc(C)c2)S(C)(=O)=O)c1. The third-order valence-corrected chi connectivity index (χ3v) is 5.41. The molecule has 29 heavy (non-hydrogen) atoms. The first-order chi connectivity index (χ1) is 13.7. The molecule has 7 nitrogen and oxygen atoms in total. The van der Waals surface area contributed by atoms with Gasteiger partial charge in [0.25, 0.3) is 0 Å². The number of rotatable bonds is 8. The van der Waals surface area contributed by atoms with Crippen LogP contribution >= 0.6 is 0 Å². The average molecular weight is 419 g/mol. The van der Waals surface area contributed by atoms with E-state index >= 15 is 0 Å². The number of carbonyl (C=O) groups is 2. The summed E-state index contributed by atoms with van der Waals surface area (Å²) in [4.78, 5) is 24.9. The maximum atomic E-state index is 13.0. The maximum absolute atomic E-state index is 13.0. The van der Waals surface area contributed by atoms with E-state index in [9.17, 15) is 18.0 Å². The van der Waals surface area contributed by atoms with Crippen LogP contribution in [0.4, 0.5) is 11.4 Å². The smallest absolute Gasteiger partial charge is 0.338 e. The van der Waals surface area contributed by atoms with Gasteiger partial charge in [0.1, 0.15) is 6.04 Å². The molecule has 0 aromatic heterocycles. The lowest BCUT2D eigenvalue weighted by atomic mass is 10.1. The first kappa shape index (κ1) is 22.4. The number of carbonyl (C=O) groups excluding carboxylic acids is 2. The number of anilines is 2. The largest absolute Gasteiger partial charge is 0.462 e. The molecule has 2 aromatic rings. The number of aryl methyl sites for hydroxylation is 1. The van der Waals surface area contributed by atoms with E-state index in [2.05, 4.69) is 5.32 Å². The molecule has 1 N–H and O–H groups in total. The summed E-state index contributed by atoms with van der Waals surface area (Å²) in [6.45, 7) is 5.55. The maximum Gasteiger partial charge on any atom is 0.338 e. The lowest BCUT2D eigenvalue weighted by Crippen LogP contribution is -2.47. The van der Waals surface area contributed by atoms with Gasteiger partial charge in [-0.3, -0.25) is 9.10 Å². The Kier molecular flexibility index (Phi) is 7.39. The average Bonchev–Trinajstić information content (AvgIpc) is 2.65. The molecule has 0 spiro atoms. The van der Waals surface area contributed by atoms with Crippen LogP contribution in [0.5, 0.6) is 0 Å². The van der Waals surface area contributed by atoms with Gasteiger partial charge in [0.15, 0.2) is 0 Å². The first-order valence-electron chi connectivity index (χ1n) is 9.31. The third kappa shape index (κ3) is 5.80. The Morgan fingerprint density at radius 1 is 1.10 bits per heavy atom. The summed E-state index contributed by atoms with van der Waals surface area (Å²) in [5.74, 6) is -0.978. The number of hydrogen-bond acceptors (Lipinski definition) is 5. The van der Waals surface area contributed by atoms with Crippen LogP contribution in [0.2, 0.25) is 0 Å². The summed E-state index contributed by atoms with van der Waals surface area (Å²) in [6, 6.07) is 12.4. The Balaban J connectivity index is 2.33. The van der Waals surface area contributed by atoms with E-state index in [0.717, 1.165) is 16.1 Å². The van der Waals surface area contributed by atoms with E-state index in [0.29, 0.717) is 16.9 Å². The van der Waals surface area contributed by atoms with Gasteiger partial charge in [-0.05, 0) is 56.2 Å². The summed E-state index contributed by atoms with van der Waals surface area (Å²) in [5.41, 5.74) is 2.00. The molecule has 2 aromatic carbocycles. The monoisotopic (exact) mass is 418 g/mol. The van der Waals surface area contributed by atoms with Crippen LogP contribution in [-0.4, -0.2) is 39.2 Å². The molecular formula is C21H26N2O5S. The molecule has 0 bridgehead atoms. The van der Waals surface area contributed by atoms with Crippen LogP contribution in [0.1, 0.15) is 36.2 Å². The number of ether oxygens (including phenoxy) is 1. The van der Waals surface area contributed by atoms with Crippen LogP contribution in [0.3, 0.4) is 0 Å².